The van der Waals surface area contributed by atoms with Gasteiger partial charge in [-0.25, -0.2) is 4.98 Å². The summed E-state index contributed by atoms with van der Waals surface area (Å²) in [6.45, 7) is 5.31. The van der Waals surface area contributed by atoms with E-state index in [0.29, 0.717) is 12.0 Å². The van der Waals surface area contributed by atoms with Gasteiger partial charge in [0.15, 0.2) is 5.78 Å². The van der Waals surface area contributed by atoms with E-state index < -0.39 is 0 Å². The van der Waals surface area contributed by atoms with Crippen molar-refractivity contribution in [3.05, 3.63) is 23.9 Å². The zero-order valence-corrected chi connectivity index (χ0v) is 9.81. The van der Waals surface area contributed by atoms with Gasteiger partial charge in [0.1, 0.15) is 5.82 Å². The van der Waals surface area contributed by atoms with Gasteiger partial charge in [-0.1, -0.05) is 0 Å². The van der Waals surface area contributed by atoms with Crippen molar-refractivity contribution in [1.29, 1.82) is 0 Å². The Kier molecular flexibility index (Phi) is 4.92. The average molecular weight is 222 g/mol. The van der Waals surface area contributed by atoms with Crippen LogP contribution in [-0.2, 0) is 0 Å². The van der Waals surface area contributed by atoms with Gasteiger partial charge in [-0.2, -0.15) is 0 Å². The lowest BCUT2D eigenvalue weighted by Gasteiger charge is -2.21. The number of hydrogen-bond acceptors (Lipinski definition) is 4. The summed E-state index contributed by atoms with van der Waals surface area (Å²) < 4.78 is 0. The summed E-state index contributed by atoms with van der Waals surface area (Å²) in [5, 5.41) is 8.80. The summed E-state index contributed by atoms with van der Waals surface area (Å²) >= 11 is 0. The van der Waals surface area contributed by atoms with Gasteiger partial charge in [0.2, 0.25) is 0 Å². The highest BCUT2D eigenvalue weighted by atomic mass is 16.3. The van der Waals surface area contributed by atoms with Crippen LogP contribution in [-0.4, -0.2) is 35.6 Å². The number of pyridine rings is 1. The van der Waals surface area contributed by atoms with E-state index in [9.17, 15) is 4.79 Å². The van der Waals surface area contributed by atoms with E-state index in [4.69, 9.17) is 5.11 Å². The lowest BCUT2D eigenvalue weighted by Crippen LogP contribution is -2.25. The lowest BCUT2D eigenvalue weighted by molar-refractivity contribution is 0.101. The maximum atomic E-state index is 11.2. The summed E-state index contributed by atoms with van der Waals surface area (Å²) in [4.78, 5) is 17.5. The number of aromatic nitrogens is 1. The summed E-state index contributed by atoms with van der Waals surface area (Å²) in [6, 6.07) is 3.51. The fourth-order valence-corrected chi connectivity index (χ4v) is 1.51. The molecule has 0 atom stereocenters. The first kappa shape index (κ1) is 12.6. The van der Waals surface area contributed by atoms with Crippen LogP contribution in [0, 0.1) is 0 Å². The van der Waals surface area contributed by atoms with Crippen LogP contribution in [0.3, 0.4) is 0 Å². The van der Waals surface area contributed by atoms with Gasteiger partial charge in [-0.15, -0.1) is 0 Å². The summed E-state index contributed by atoms with van der Waals surface area (Å²) in [6.07, 6.45) is 2.35. The molecule has 0 saturated carbocycles. The van der Waals surface area contributed by atoms with Gasteiger partial charge in [0, 0.05) is 31.5 Å². The van der Waals surface area contributed by atoms with Crippen molar-refractivity contribution >= 4 is 11.6 Å². The quantitative estimate of drug-likeness (QED) is 0.741. The number of Topliss-reactive ketones (excluding diaryl/α,β-unsaturated/α-hetero) is 1. The van der Waals surface area contributed by atoms with E-state index in [1.807, 2.05) is 11.8 Å². The molecule has 1 aromatic rings. The predicted molar refractivity (Wildman–Crippen MR) is 63.8 cm³/mol. The highest BCUT2D eigenvalue weighted by molar-refractivity contribution is 5.94. The number of hydrogen-bond donors (Lipinski definition) is 1. The normalized spacial score (nSPS) is 10.2. The van der Waals surface area contributed by atoms with Crippen molar-refractivity contribution in [2.75, 3.05) is 24.6 Å². The Bertz CT molecular complexity index is 353. The van der Waals surface area contributed by atoms with Crippen molar-refractivity contribution in [1.82, 2.24) is 4.98 Å². The molecule has 16 heavy (non-hydrogen) atoms. The van der Waals surface area contributed by atoms with Crippen LogP contribution in [0.25, 0.3) is 0 Å². The third-order valence-corrected chi connectivity index (χ3v) is 2.44. The second kappa shape index (κ2) is 6.23. The number of nitrogens with zero attached hydrogens (tertiary/aromatic N) is 2. The minimum Gasteiger partial charge on any atom is -0.396 e. The summed E-state index contributed by atoms with van der Waals surface area (Å²) in [7, 11) is 0. The zero-order valence-electron chi connectivity index (χ0n) is 9.81. The van der Waals surface area contributed by atoms with Crippen LogP contribution < -0.4 is 4.90 Å². The van der Waals surface area contributed by atoms with Crippen molar-refractivity contribution < 1.29 is 9.90 Å². The van der Waals surface area contributed by atoms with E-state index >= 15 is 0 Å². The molecule has 0 aliphatic carbocycles. The van der Waals surface area contributed by atoms with Gasteiger partial charge in [-0.3, -0.25) is 4.79 Å². The molecule has 0 amide bonds. The van der Waals surface area contributed by atoms with Crippen LogP contribution >= 0.6 is 0 Å². The Morgan fingerprint density at radius 1 is 1.56 bits per heavy atom. The van der Waals surface area contributed by atoms with E-state index in [1.54, 1.807) is 25.3 Å². The first-order chi connectivity index (χ1) is 7.69. The molecule has 1 heterocycles. The van der Waals surface area contributed by atoms with Crippen LogP contribution in [0.15, 0.2) is 18.3 Å². The molecule has 0 aliphatic heterocycles. The summed E-state index contributed by atoms with van der Waals surface area (Å²) in [5.74, 6) is 0.838. The number of carbonyl (C=O) groups excluding carboxylic acids is 1. The molecule has 4 heteroatoms. The molecule has 0 radical (unpaired) electrons. The topological polar surface area (TPSA) is 53.4 Å². The third-order valence-electron chi connectivity index (χ3n) is 2.44. The smallest absolute Gasteiger partial charge is 0.159 e. The van der Waals surface area contributed by atoms with Gasteiger partial charge < -0.3 is 10.0 Å². The van der Waals surface area contributed by atoms with Crippen LogP contribution in [0.4, 0.5) is 5.82 Å². The molecule has 1 aromatic heterocycles. The van der Waals surface area contributed by atoms with Gasteiger partial charge >= 0.3 is 0 Å². The van der Waals surface area contributed by atoms with Gasteiger partial charge in [0.25, 0.3) is 0 Å². The fraction of sp³-hybridized carbons (Fsp3) is 0.500. The molecule has 0 spiro atoms. The van der Waals surface area contributed by atoms with Crippen LogP contribution in [0.5, 0.6) is 0 Å². The number of rotatable bonds is 6. The van der Waals surface area contributed by atoms with Crippen molar-refractivity contribution in [3.63, 3.8) is 0 Å². The Balaban J connectivity index is 2.83. The zero-order chi connectivity index (χ0) is 12.0. The number of aliphatic hydroxyl groups excluding tert-OH is 1. The number of anilines is 1. The molecule has 88 valence electrons. The van der Waals surface area contributed by atoms with Crippen molar-refractivity contribution in [3.8, 4) is 0 Å². The predicted octanol–water partition coefficient (Wildman–Crippen LogP) is 1.49. The van der Waals surface area contributed by atoms with Gasteiger partial charge in [0.05, 0.1) is 0 Å². The van der Waals surface area contributed by atoms with E-state index in [1.165, 1.54) is 0 Å². The largest absolute Gasteiger partial charge is 0.396 e. The molecular formula is C12H18N2O2. The van der Waals surface area contributed by atoms with Crippen LogP contribution in [0.1, 0.15) is 30.6 Å². The Morgan fingerprint density at radius 3 is 2.88 bits per heavy atom. The fourth-order valence-electron chi connectivity index (χ4n) is 1.51. The number of aliphatic hydroxyl groups is 1. The second-order valence-corrected chi connectivity index (χ2v) is 3.62. The molecule has 0 bridgehead atoms. The minimum atomic E-state index is 0.0434. The van der Waals surface area contributed by atoms with Crippen LogP contribution in [0.2, 0.25) is 0 Å². The molecule has 4 nitrogen and oxygen atoms in total. The molecule has 1 N–H and O–H groups in total. The Hall–Kier alpha value is -1.42. The summed E-state index contributed by atoms with van der Waals surface area (Å²) in [5.41, 5.74) is 0.674. The molecule has 0 fully saturated rings. The highest BCUT2D eigenvalue weighted by Gasteiger charge is 2.07. The first-order valence-corrected chi connectivity index (χ1v) is 5.51. The maximum Gasteiger partial charge on any atom is 0.159 e. The number of carbonyl (C=O) groups is 1. The minimum absolute atomic E-state index is 0.0434. The molecule has 0 unspecified atom stereocenters. The van der Waals surface area contributed by atoms with E-state index in [0.717, 1.165) is 18.9 Å². The van der Waals surface area contributed by atoms with Gasteiger partial charge in [-0.05, 0) is 32.4 Å². The maximum absolute atomic E-state index is 11.2. The van der Waals surface area contributed by atoms with E-state index in [-0.39, 0.29) is 12.4 Å². The molecule has 0 saturated heterocycles. The van der Waals surface area contributed by atoms with Crippen molar-refractivity contribution in [2.24, 2.45) is 0 Å². The number of ketones is 1. The Morgan fingerprint density at radius 2 is 2.31 bits per heavy atom. The molecular weight excluding hydrogens is 204 g/mol. The standard InChI is InChI=1S/C12H18N2O2/c1-3-14(7-4-8-15)12-9-11(10(2)16)5-6-13-12/h5-6,9,15H,3-4,7-8H2,1-2H3. The molecule has 0 aliphatic rings. The van der Waals surface area contributed by atoms with Crippen molar-refractivity contribution in [2.45, 2.75) is 20.3 Å². The molecule has 1 rings (SSSR count). The SMILES string of the molecule is CCN(CCCO)c1cc(C(C)=O)ccn1. The highest BCUT2D eigenvalue weighted by Crippen LogP contribution is 2.13. The third kappa shape index (κ3) is 3.31. The first-order valence-electron chi connectivity index (χ1n) is 5.51. The van der Waals surface area contributed by atoms with E-state index in [2.05, 4.69) is 4.98 Å². The Labute approximate surface area is 95.9 Å². The monoisotopic (exact) mass is 222 g/mol. The molecule has 0 aromatic carbocycles. The average Bonchev–Trinajstić information content (AvgIpc) is 2.30. The lowest BCUT2D eigenvalue weighted by atomic mass is 10.2. The second-order valence-electron chi connectivity index (χ2n) is 3.62.